The Morgan fingerprint density at radius 3 is 1.43 bits per heavy atom. The molecule has 0 bridgehead atoms. The standard InChI is InChI=1S/C22H22O6/c1-13-3-7-15(8-4-13)21(23)27-17-11-25-20-18(12-26-19(17)20)28-22(24)16-9-5-14(2)6-10-16/h3-10,17-20H,11-12H2,1-2H3/t17-,18-,19-,20-/m1/s1. The van der Waals surface area contributed by atoms with Gasteiger partial charge in [-0.2, -0.15) is 0 Å². The molecular weight excluding hydrogens is 360 g/mol. The second-order valence-electron chi connectivity index (χ2n) is 7.22. The van der Waals surface area contributed by atoms with Crippen LogP contribution >= 0.6 is 0 Å². The maximum absolute atomic E-state index is 12.4. The third-order valence-electron chi connectivity index (χ3n) is 5.05. The summed E-state index contributed by atoms with van der Waals surface area (Å²) in [6.07, 6.45) is -1.93. The van der Waals surface area contributed by atoms with Crippen LogP contribution in [0.5, 0.6) is 0 Å². The van der Waals surface area contributed by atoms with Gasteiger partial charge in [0, 0.05) is 0 Å². The van der Waals surface area contributed by atoms with E-state index in [9.17, 15) is 9.59 Å². The normalized spacial score (nSPS) is 25.9. The summed E-state index contributed by atoms with van der Waals surface area (Å²) in [6, 6.07) is 14.3. The number of ether oxygens (including phenoxy) is 4. The molecule has 2 aromatic rings. The van der Waals surface area contributed by atoms with Crippen LogP contribution in [0.3, 0.4) is 0 Å². The van der Waals surface area contributed by atoms with Gasteiger partial charge in [-0.3, -0.25) is 0 Å². The molecule has 6 nitrogen and oxygen atoms in total. The van der Waals surface area contributed by atoms with E-state index < -0.39 is 36.4 Å². The van der Waals surface area contributed by atoms with Crippen LogP contribution < -0.4 is 0 Å². The highest BCUT2D eigenvalue weighted by molar-refractivity contribution is 5.90. The molecule has 0 unspecified atom stereocenters. The highest BCUT2D eigenvalue weighted by Gasteiger charge is 2.51. The molecule has 146 valence electrons. The van der Waals surface area contributed by atoms with Crippen LogP contribution in [0.1, 0.15) is 31.8 Å². The average molecular weight is 382 g/mol. The van der Waals surface area contributed by atoms with Crippen LogP contribution in [0.15, 0.2) is 48.5 Å². The van der Waals surface area contributed by atoms with E-state index >= 15 is 0 Å². The van der Waals surface area contributed by atoms with Crippen molar-refractivity contribution in [2.45, 2.75) is 38.3 Å². The van der Waals surface area contributed by atoms with Gasteiger partial charge in [0.05, 0.1) is 24.3 Å². The molecule has 2 aromatic carbocycles. The van der Waals surface area contributed by atoms with Crippen molar-refractivity contribution in [1.29, 1.82) is 0 Å². The monoisotopic (exact) mass is 382 g/mol. The Bertz CT molecular complexity index is 784. The van der Waals surface area contributed by atoms with Crippen molar-refractivity contribution in [3.63, 3.8) is 0 Å². The lowest BCUT2D eigenvalue weighted by molar-refractivity contribution is -0.0287. The highest BCUT2D eigenvalue weighted by Crippen LogP contribution is 2.31. The van der Waals surface area contributed by atoms with Crippen molar-refractivity contribution in [2.24, 2.45) is 0 Å². The van der Waals surface area contributed by atoms with E-state index in [0.717, 1.165) is 11.1 Å². The Morgan fingerprint density at radius 1 is 0.714 bits per heavy atom. The first-order valence-electron chi connectivity index (χ1n) is 9.30. The van der Waals surface area contributed by atoms with Gasteiger partial charge in [-0.25, -0.2) is 9.59 Å². The van der Waals surface area contributed by atoms with Gasteiger partial charge in [-0.05, 0) is 38.1 Å². The number of carbonyl (C=O) groups is 2. The lowest BCUT2D eigenvalue weighted by atomic mass is 10.1. The molecule has 28 heavy (non-hydrogen) atoms. The van der Waals surface area contributed by atoms with E-state index in [1.54, 1.807) is 24.3 Å². The number of benzene rings is 2. The van der Waals surface area contributed by atoms with Crippen LogP contribution in [0, 0.1) is 13.8 Å². The Kier molecular flexibility index (Phi) is 5.15. The van der Waals surface area contributed by atoms with Gasteiger partial charge in [0.25, 0.3) is 0 Å². The lowest BCUT2D eigenvalue weighted by Crippen LogP contribution is -2.36. The Labute approximate surface area is 163 Å². The quantitative estimate of drug-likeness (QED) is 0.758. The first kappa shape index (κ1) is 18.7. The fourth-order valence-electron chi connectivity index (χ4n) is 3.42. The van der Waals surface area contributed by atoms with Crippen LogP contribution in [-0.2, 0) is 18.9 Å². The topological polar surface area (TPSA) is 71.1 Å². The second-order valence-corrected chi connectivity index (χ2v) is 7.22. The van der Waals surface area contributed by atoms with E-state index in [1.165, 1.54) is 0 Å². The van der Waals surface area contributed by atoms with E-state index in [2.05, 4.69) is 0 Å². The molecular formula is C22H22O6. The van der Waals surface area contributed by atoms with Gasteiger partial charge in [-0.1, -0.05) is 35.4 Å². The molecule has 0 radical (unpaired) electrons. The third kappa shape index (κ3) is 3.79. The number of esters is 2. The van der Waals surface area contributed by atoms with Crippen molar-refractivity contribution < 1.29 is 28.5 Å². The van der Waals surface area contributed by atoms with Gasteiger partial charge < -0.3 is 18.9 Å². The van der Waals surface area contributed by atoms with Crippen molar-refractivity contribution >= 4 is 11.9 Å². The molecule has 2 fully saturated rings. The predicted molar refractivity (Wildman–Crippen MR) is 100 cm³/mol. The first-order valence-corrected chi connectivity index (χ1v) is 9.30. The summed E-state index contributed by atoms with van der Waals surface area (Å²) in [5, 5.41) is 0. The van der Waals surface area contributed by atoms with Gasteiger partial charge >= 0.3 is 11.9 Å². The molecule has 0 amide bonds. The summed E-state index contributed by atoms with van der Waals surface area (Å²) in [5.41, 5.74) is 3.10. The molecule has 4 rings (SSSR count). The van der Waals surface area contributed by atoms with Crippen molar-refractivity contribution in [2.75, 3.05) is 13.2 Å². The van der Waals surface area contributed by atoms with Crippen molar-refractivity contribution in [3.05, 3.63) is 70.8 Å². The molecule has 4 atom stereocenters. The number of aryl methyl sites for hydroxylation is 2. The minimum absolute atomic E-state index is 0.214. The first-order chi connectivity index (χ1) is 13.5. The largest absolute Gasteiger partial charge is 0.453 e. The fourth-order valence-corrected chi connectivity index (χ4v) is 3.42. The fraction of sp³-hybridized carbons (Fsp3) is 0.364. The molecule has 0 aliphatic carbocycles. The number of hydrogen-bond acceptors (Lipinski definition) is 6. The molecule has 2 aliphatic heterocycles. The number of fused-ring (bicyclic) bond motifs is 1. The SMILES string of the molecule is Cc1ccc(C(=O)O[C@@H]2CO[C@H]3[C@@H]2OC[C@H]3OC(=O)c2ccc(C)cc2)cc1. The molecule has 2 saturated heterocycles. The smallest absolute Gasteiger partial charge is 0.338 e. The highest BCUT2D eigenvalue weighted by atomic mass is 16.7. The van der Waals surface area contributed by atoms with E-state index in [4.69, 9.17) is 18.9 Å². The Morgan fingerprint density at radius 2 is 1.07 bits per heavy atom. The van der Waals surface area contributed by atoms with E-state index in [-0.39, 0.29) is 13.2 Å². The number of rotatable bonds is 4. The van der Waals surface area contributed by atoms with Crippen LogP contribution in [-0.4, -0.2) is 49.6 Å². The summed E-state index contributed by atoms with van der Waals surface area (Å²) in [5.74, 6) is -0.837. The zero-order chi connectivity index (χ0) is 19.7. The summed E-state index contributed by atoms with van der Waals surface area (Å²) >= 11 is 0. The summed E-state index contributed by atoms with van der Waals surface area (Å²) in [6.45, 7) is 4.33. The maximum atomic E-state index is 12.4. The number of hydrogen-bond donors (Lipinski definition) is 0. The third-order valence-corrected chi connectivity index (χ3v) is 5.05. The van der Waals surface area contributed by atoms with E-state index in [1.807, 2.05) is 38.1 Å². The van der Waals surface area contributed by atoms with Crippen LogP contribution in [0.25, 0.3) is 0 Å². The zero-order valence-electron chi connectivity index (χ0n) is 15.8. The van der Waals surface area contributed by atoms with E-state index in [0.29, 0.717) is 11.1 Å². The minimum atomic E-state index is -0.526. The summed E-state index contributed by atoms with van der Waals surface area (Å²) in [4.78, 5) is 24.7. The minimum Gasteiger partial charge on any atom is -0.453 e. The van der Waals surface area contributed by atoms with Crippen molar-refractivity contribution in [1.82, 2.24) is 0 Å². The Hall–Kier alpha value is -2.70. The van der Waals surface area contributed by atoms with Gasteiger partial charge in [0.2, 0.25) is 0 Å². The average Bonchev–Trinajstić information content (AvgIpc) is 3.26. The zero-order valence-corrected chi connectivity index (χ0v) is 15.8. The molecule has 2 aliphatic rings. The molecule has 6 heteroatoms. The second kappa shape index (κ2) is 7.73. The van der Waals surface area contributed by atoms with Gasteiger partial charge in [-0.15, -0.1) is 0 Å². The molecule has 0 N–H and O–H groups in total. The maximum Gasteiger partial charge on any atom is 0.338 e. The molecule has 0 saturated carbocycles. The Balaban J connectivity index is 1.36. The number of carbonyl (C=O) groups excluding carboxylic acids is 2. The summed E-state index contributed by atoms with van der Waals surface area (Å²) < 4.78 is 22.6. The van der Waals surface area contributed by atoms with Crippen molar-refractivity contribution in [3.8, 4) is 0 Å². The van der Waals surface area contributed by atoms with Crippen LogP contribution in [0.2, 0.25) is 0 Å². The molecule has 2 heterocycles. The molecule has 0 aromatic heterocycles. The predicted octanol–water partition coefficient (Wildman–Crippen LogP) is 2.85. The van der Waals surface area contributed by atoms with Crippen LogP contribution in [0.4, 0.5) is 0 Å². The lowest BCUT2D eigenvalue weighted by Gasteiger charge is -2.17. The van der Waals surface area contributed by atoms with Gasteiger partial charge in [0.1, 0.15) is 12.2 Å². The summed E-state index contributed by atoms with van der Waals surface area (Å²) in [7, 11) is 0. The van der Waals surface area contributed by atoms with Gasteiger partial charge in [0.15, 0.2) is 12.2 Å². The molecule has 0 spiro atoms.